The van der Waals surface area contributed by atoms with Crippen molar-refractivity contribution in [2.45, 2.75) is 24.8 Å². The summed E-state index contributed by atoms with van der Waals surface area (Å²) in [6.45, 7) is 3.56. The van der Waals surface area contributed by atoms with Gasteiger partial charge in [0.2, 0.25) is 10.0 Å². The number of rotatable bonds is 5. The number of aromatic nitrogens is 1. The van der Waals surface area contributed by atoms with Gasteiger partial charge >= 0.3 is 0 Å². The second-order valence-corrected chi connectivity index (χ2v) is 9.23. The molecule has 3 rings (SSSR count). The van der Waals surface area contributed by atoms with Crippen molar-refractivity contribution in [3.63, 3.8) is 0 Å². The number of sulfonamides is 1. The minimum Gasteiger partial charge on any atom is -0.298 e. The Kier molecular flexibility index (Phi) is 5.27. The first-order chi connectivity index (χ1) is 12.7. The summed E-state index contributed by atoms with van der Waals surface area (Å²) >= 11 is 1.16. The third kappa shape index (κ3) is 3.85. The molecule has 27 heavy (non-hydrogen) atoms. The van der Waals surface area contributed by atoms with Gasteiger partial charge in [0.15, 0.2) is 5.13 Å². The first-order valence-electron chi connectivity index (χ1n) is 8.14. The highest BCUT2D eigenvalue weighted by molar-refractivity contribution is 7.89. The number of nitrogens with one attached hydrogen (secondary N) is 1. The molecule has 1 aromatic heterocycles. The third-order valence-corrected chi connectivity index (χ3v) is 7.09. The Morgan fingerprint density at radius 2 is 1.85 bits per heavy atom. The molecular formula is C18H18FN3O3S2. The lowest BCUT2D eigenvalue weighted by molar-refractivity contribution is 0.102. The van der Waals surface area contributed by atoms with Gasteiger partial charge in [0.25, 0.3) is 5.91 Å². The zero-order valence-electron chi connectivity index (χ0n) is 14.9. The number of nitrogens with zero attached hydrogens (tertiary/aromatic N) is 2. The van der Waals surface area contributed by atoms with Crippen molar-refractivity contribution in [2.75, 3.05) is 12.4 Å². The second-order valence-electron chi connectivity index (χ2n) is 6.20. The fourth-order valence-corrected chi connectivity index (χ4v) is 4.60. The molecule has 1 amide bonds. The monoisotopic (exact) mass is 407 g/mol. The van der Waals surface area contributed by atoms with E-state index in [0.717, 1.165) is 11.3 Å². The average Bonchev–Trinajstić information content (AvgIpc) is 3.05. The van der Waals surface area contributed by atoms with Crippen LogP contribution in [0, 0.1) is 5.82 Å². The molecule has 9 heteroatoms. The quantitative estimate of drug-likeness (QED) is 0.699. The Balaban J connectivity index is 1.80. The minimum atomic E-state index is -3.61. The van der Waals surface area contributed by atoms with E-state index in [1.807, 2.05) is 0 Å². The fraction of sp³-hybridized carbons (Fsp3) is 0.222. The van der Waals surface area contributed by atoms with E-state index in [1.165, 1.54) is 41.7 Å². The minimum absolute atomic E-state index is 0.109. The van der Waals surface area contributed by atoms with Crippen molar-refractivity contribution in [1.29, 1.82) is 0 Å². The van der Waals surface area contributed by atoms with Crippen LogP contribution >= 0.6 is 11.3 Å². The molecule has 0 bridgehead atoms. The molecule has 0 aliphatic heterocycles. The molecule has 3 aromatic rings. The highest BCUT2D eigenvalue weighted by atomic mass is 32.2. The van der Waals surface area contributed by atoms with Crippen LogP contribution in [-0.2, 0) is 10.0 Å². The van der Waals surface area contributed by atoms with Gasteiger partial charge in [-0.1, -0.05) is 17.4 Å². The lowest BCUT2D eigenvalue weighted by Crippen LogP contribution is -2.33. The molecule has 0 saturated carbocycles. The van der Waals surface area contributed by atoms with Crippen LogP contribution in [-0.4, -0.2) is 36.7 Å². The topological polar surface area (TPSA) is 79.4 Å². The maximum Gasteiger partial charge on any atom is 0.257 e. The van der Waals surface area contributed by atoms with E-state index in [2.05, 4.69) is 10.3 Å². The Morgan fingerprint density at radius 3 is 2.44 bits per heavy atom. The first kappa shape index (κ1) is 19.4. The van der Waals surface area contributed by atoms with E-state index in [1.54, 1.807) is 26.0 Å². The molecule has 6 nitrogen and oxygen atoms in total. The lowest BCUT2D eigenvalue weighted by Gasteiger charge is -2.20. The molecule has 2 aromatic carbocycles. The molecule has 0 aliphatic rings. The van der Waals surface area contributed by atoms with E-state index < -0.39 is 21.7 Å². The van der Waals surface area contributed by atoms with Gasteiger partial charge in [-0.15, -0.1) is 0 Å². The molecule has 0 unspecified atom stereocenters. The number of halogens is 1. The normalized spacial score (nSPS) is 12.1. The first-order valence-corrected chi connectivity index (χ1v) is 10.4. The number of fused-ring (bicyclic) bond motifs is 1. The predicted octanol–water partition coefficient (Wildman–Crippen LogP) is 3.72. The highest BCUT2D eigenvalue weighted by Gasteiger charge is 2.23. The van der Waals surface area contributed by atoms with E-state index in [9.17, 15) is 17.6 Å². The molecule has 1 N–H and O–H groups in total. The van der Waals surface area contributed by atoms with E-state index >= 15 is 0 Å². The van der Waals surface area contributed by atoms with Crippen LogP contribution in [0.1, 0.15) is 24.2 Å². The molecule has 0 spiro atoms. The average molecular weight is 407 g/mol. The summed E-state index contributed by atoms with van der Waals surface area (Å²) < 4.78 is 40.5. The van der Waals surface area contributed by atoms with Gasteiger partial charge in [0.05, 0.1) is 9.60 Å². The number of carbonyl (C=O) groups excluding carboxylic acids is 1. The van der Waals surface area contributed by atoms with Crippen LogP contribution in [0.25, 0.3) is 10.2 Å². The molecule has 0 saturated heterocycles. The summed E-state index contributed by atoms with van der Waals surface area (Å²) in [5.74, 6) is -0.899. The van der Waals surface area contributed by atoms with Crippen LogP contribution in [0.15, 0.2) is 47.4 Å². The Bertz CT molecular complexity index is 1090. The van der Waals surface area contributed by atoms with E-state index in [-0.39, 0.29) is 27.1 Å². The standard InChI is InChI=1S/C18H18FN3O3S2/c1-11(2)22(3)27(24,25)13-9-7-12(8-10-13)17(23)21-18-20-16-14(19)5-4-6-15(16)26-18/h4-11H,1-3H3,(H,20,21,23). The maximum absolute atomic E-state index is 13.7. The Labute approximate surface area is 160 Å². The van der Waals surface area contributed by atoms with Gasteiger partial charge in [-0.25, -0.2) is 17.8 Å². The molecular weight excluding hydrogens is 389 g/mol. The molecule has 0 aliphatic carbocycles. The second kappa shape index (κ2) is 7.34. The van der Waals surface area contributed by atoms with Crippen molar-refractivity contribution in [1.82, 2.24) is 9.29 Å². The van der Waals surface area contributed by atoms with Gasteiger partial charge in [-0.05, 0) is 50.2 Å². The highest BCUT2D eigenvalue weighted by Crippen LogP contribution is 2.28. The largest absolute Gasteiger partial charge is 0.298 e. The smallest absolute Gasteiger partial charge is 0.257 e. The number of benzene rings is 2. The number of thiazole rings is 1. The Morgan fingerprint density at radius 1 is 1.19 bits per heavy atom. The van der Waals surface area contributed by atoms with Gasteiger partial charge in [0.1, 0.15) is 11.3 Å². The summed E-state index contributed by atoms with van der Waals surface area (Å²) in [7, 11) is -2.11. The summed E-state index contributed by atoms with van der Waals surface area (Å²) in [5, 5.41) is 2.89. The van der Waals surface area contributed by atoms with Crippen molar-refractivity contribution < 1.29 is 17.6 Å². The SMILES string of the molecule is CC(C)N(C)S(=O)(=O)c1ccc(C(=O)Nc2nc3c(F)cccc3s2)cc1. The fourth-order valence-electron chi connectivity index (χ4n) is 2.36. The van der Waals surface area contributed by atoms with Crippen LogP contribution in [0.4, 0.5) is 9.52 Å². The van der Waals surface area contributed by atoms with Gasteiger partial charge in [-0.3, -0.25) is 10.1 Å². The lowest BCUT2D eigenvalue weighted by atomic mass is 10.2. The zero-order chi connectivity index (χ0) is 19.8. The molecule has 0 fully saturated rings. The number of amides is 1. The van der Waals surface area contributed by atoms with Crippen LogP contribution < -0.4 is 5.32 Å². The summed E-state index contributed by atoms with van der Waals surface area (Å²) in [6, 6.07) is 10.1. The molecule has 0 radical (unpaired) electrons. The number of hydrogen-bond donors (Lipinski definition) is 1. The van der Waals surface area contributed by atoms with Gasteiger partial charge in [-0.2, -0.15) is 4.31 Å². The zero-order valence-corrected chi connectivity index (χ0v) is 16.6. The Hall–Kier alpha value is -2.36. The molecule has 142 valence electrons. The number of para-hydroxylation sites is 1. The van der Waals surface area contributed by atoms with Crippen LogP contribution in [0.3, 0.4) is 0 Å². The predicted molar refractivity (Wildman–Crippen MR) is 104 cm³/mol. The van der Waals surface area contributed by atoms with Crippen LogP contribution in [0.2, 0.25) is 0 Å². The van der Waals surface area contributed by atoms with Crippen molar-refractivity contribution in [3.05, 3.63) is 53.8 Å². The maximum atomic E-state index is 13.7. The van der Waals surface area contributed by atoms with Gasteiger partial charge < -0.3 is 0 Å². The third-order valence-electron chi connectivity index (χ3n) is 4.11. The summed E-state index contributed by atoms with van der Waals surface area (Å²) in [6.07, 6.45) is 0. The van der Waals surface area contributed by atoms with Gasteiger partial charge in [0, 0.05) is 18.7 Å². The molecule has 1 heterocycles. The van der Waals surface area contributed by atoms with Crippen LogP contribution in [0.5, 0.6) is 0 Å². The molecule has 0 atom stereocenters. The van der Waals surface area contributed by atoms with Crippen molar-refractivity contribution in [3.8, 4) is 0 Å². The van der Waals surface area contributed by atoms with E-state index in [4.69, 9.17) is 0 Å². The van der Waals surface area contributed by atoms with Crippen molar-refractivity contribution >= 4 is 42.6 Å². The van der Waals surface area contributed by atoms with E-state index in [0.29, 0.717) is 4.70 Å². The number of carbonyl (C=O) groups is 1. The summed E-state index contributed by atoms with van der Waals surface area (Å²) in [4.78, 5) is 16.6. The number of hydrogen-bond acceptors (Lipinski definition) is 5. The summed E-state index contributed by atoms with van der Waals surface area (Å²) in [5.41, 5.74) is 0.483. The number of anilines is 1. The van der Waals surface area contributed by atoms with Crippen molar-refractivity contribution in [2.24, 2.45) is 0 Å².